The Morgan fingerprint density at radius 1 is 1.15 bits per heavy atom. The molecule has 2 aromatic carbocycles. The van der Waals surface area contributed by atoms with Crippen LogP contribution in [0.4, 0.5) is 4.39 Å². The molecule has 6 heteroatoms. The van der Waals surface area contributed by atoms with Crippen LogP contribution in [0.5, 0.6) is 0 Å². The average Bonchev–Trinajstić information content (AvgIpc) is 3.09. The molecule has 0 spiro atoms. The minimum absolute atomic E-state index is 0.139. The third kappa shape index (κ3) is 4.33. The third-order valence-corrected chi connectivity index (χ3v) is 3.76. The van der Waals surface area contributed by atoms with Gasteiger partial charge in [0, 0.05) is 11.1 Å². The van der Waals surface area contributed by atoms with Gasteiger partial charge in [0.05, 0.1) is 19.1 Å². The number of nitrogens with zero attached hydrogens (tertiary/aromatic N) is 3. The van der Waals surface area contributed by atoms with Gasteiger partial charge in [-0.1, -0.05) is 42.5 Å². The molecule has 0 N–H and O–H groups in total. The van der Waals surface area contributed by atoms with E-state index in [4.69, 9.17) is 4.74 Å². The van der Waals surface area contributed by atoms with Crippen LogP contribution in [0.1, 0.15) is 20.3 Å². The molecule has 0 atom stereocenters. The zero-order valence-electron chi connectivity index (χ0n) is 14.7. The molecule has 0 saturated heterocycles. The van der Waals surface area contributed by atoms with E-state index in [1.54, 1.807) is 30.7 Å². The van der Waals surface area contributed by atoms with E-state index < -0.39 is 0 Å². The van der Waals surface area contributed by atoms with Gasteiger partial charge >= 0.3 is 5.97 Å². The highest BCUT2D eigenvalue weighted by molar-refractivity contribution is 5.69. The molecule has 0 radical (unpaired) electrons. The molecule has 1 aromatic heterocycles. The molecule has 0 aliphatic carbocycles. The van der Waals surface area contributed by atoms with Crippen LogP contribution in [0.25, 0.3) is 22.5 Å². The highest BCUT2D eigenvalue weighted by Gasteiger charge is 2.11. The predicted molar refractivity (Wildman–Crippen MR) is 96.7 cm³/mol. The van der Waals surface area contributed by atoms with Gasteiger partial charge in [0.25, 0.3) is 0 Å². The second kappa shape index (κ2) is 7.91. The molecule has 0 amide bonds. The highest BCUT2D eigenvalue weighted by atomic mass is 19.1. The standard InChI is InChI=1S/C20H20FN3O2/c1-14(2)26-19(25)10-11-24-13-22-20(23-24)16-8-9-17(18(21)12-16)15-6-4-3-5-7-15/h3-9,12-14H,10-11H2,1-2H3. The number of rotatable bonds is 6. The van der Waals surface area contributed by atoms with Gasteiger partial charge in [-0.2, -0.15) is 5.10 Å². The molecule has 0 bridgehead atoms. The zero-order chi connectivity index (χ0) is 18.5. The molecule has 0 aliphatic rings. The quantitative estimate of drug-likeness (QED) is 0.626. The lowest BCUT2D eigenvalue weighted by Gasteiger charge is -2.07. The largest absolute Gasteiger partial charge is 0.463 e. The van der Waals surface area contributed by atoms with Crippen molar-refractivity contribution < 1.29 is 13.9 Å². The van der Waals surface area contributed by atoms with Crippen molar-refractivity contribution in [1.29, 1.82) is 0 Å². The molecule has 0 fully saturated rings. The first-order valence-electron chi connectivity index (χ1n) is 8.47. The van der Waals surface area contributed by atoms with Crippen LogP contribution in [0.2, 0.25) is 0 Å². The van der Waals surface area contributed by atoms with E-state index in [2.05, 4.69) is 10.1 Å². The third-order valence-electron chi connectivity index (χ3n) is 3.76. The molecule has 1 heterocycles. The molecule has 0 saturated carbocycles. The number of benzene rings is 2. The maximum atomic E-state index is 14.5. The lowest BCUT2D eigenvalue weighted by molar-refractivity contribution is -0.147. The molecule has 3 rings (SSSR count). The van der Waals surface area contributed by atoms with Crippen molar-refractivity contribution in [3.8, 4) is 22.5 Å². The van der Waals surface area contributed by atoms with Crippen molar-refractivity contribution in [2.75, 3.05) is 0 Å². The summed E-state index contributed by atoms with van der Waals surface area (Å²) >= 11 is 0. The first-order chi connectivity index (χ1) is 12.5. The summed E-state index contributed by atoms with van der Waals surface area (Å²) in [5.41, 5.74) is 1.94. The summed E-state index contributed by atoms with van der Waals surface area (Å²) in [6, 6.07) is 14.3. The summed E-state index contributed by atoms with van der Waals surface area (Å²) in [5.74, 6) is -0.193. The van der Waals surface area contributed by atoms with Gasteiger partial charge in [-0.25, -0.2) is 9.37 Å². The molecular weight excluding hydrogens is 333 g/mol. The number of carbonyl (C=O) groups excluding carboxylic acids is 1. The summed E-state index contributed by atoms with van der Waals surface area (Å²) in [6.07, 6.45) is 1.60. The van der Waals surface area contributed by atoms with Gasteiger partial charge in [0.15, 0.2) is 5.82 Å². The average molecular weight is 353 g/mol. The van der Waals surface area contributed by atoms with E-state index in [1.165, 1.54) is 12.4 Å². The molecule has 0 aliphatic heterocycles. The second-order valence-corrected chi connectivity index (χ2v) is 6.18. The SMILES string of the molecule is CC(C)OC(=O)CCn1cnc(-c2ccc(-c3ccccc3)c(F)c2)n1. The number of ether oxygens (including phenoxy) is 1. The summed E-state index contributed by atoms with van der Waals surface area (Å²) in [6.45, 7) is 3.97. The van der Waals surface area contributed by atoms with E-state index in [9.17, 15) is 9.18 Å². The van der Waals surface area contributed by atoms with E-state index in [1.807, 2.05) is 30.3 Å². The van der Waals surface area contributed by atoms with Crippen LogP contribution >= 0.6 is 0 Å². The van der Waals surface area contributed by atoms with Gasteiger partial charge < -0.3 is 4.74 Å². The number of hydrogen-bond acceptors (Lipinski definition) is 4. The minimum atomic E-state index is -0.328. The fourth-order valence-corrected chi connectivity index (χ4v) is 2.57. The van der Waals surface area contributed by atoms with Crippen LogP contribution < -0.4 is 0 Å². The van der Waals surface area contributed by atoms with Gasteiger partial charge in [-0.3, -0.25) is 9.48 Å². The van der Waals surface area contributed by atoms with E-state index in [-0.39, 0.29) is 24.3 Å². The number of esters is 1. The zero-order valence-corrected chi connectivity index (χ0v) is 14.7. The maximum absolute atomic E-state index is 14.5. The van der Waals surface area contributed by atoms with Crippen LogP contribution in [0, 0.1) is 5.82 Å². The van der Waals surface area contributed by atoms with Crippen molar-refractivity contribution >= 4 is 5.97 Å². The fourth-order valence-electron chi connectivity index (χ4n) is 2.57. The summed E-state index contributed by atoms with van der Waals surface area (Å²) < 4.78 is 21.1. The minimum Gasteiger partial charge on any atom is -0.463 e. The highest BCUT2D eigenvalue weighted by Crippen LogP contribution is 2.26. The number of hydrogen-bond donors (Lipinski definition) is 0. The van der Waals surface area contributed by atoms with Crippen LogP contribution in [0.3, 0.4) is 0 Å². The number of halogens is 1. The van der Waals surface area contributed by atoms with E-state index >= 15 is 0 Å². The Bertz CT molecular complexity index is 891. The molecule has 5 nitrogen and oxygen atoms in total. The summed E-state index contributed by atoms with van der Waals surface area (Å²) in [5, 5.41) is 4.31. The van der Waals surface area contributed by atoms with E-state index in [0.717, 1.165) is 5.56 Å². The number of aromatic nitrogens is 3. The van der Waals surface area contributed by atoms with Gasteiger partial charge in [-0.15, -0.1) is 0 Å². The molecule has 26 heavy (non-hydrogen) atoms. The predicted octanol–water partition coefficient (Wildman–Crippen LogP) is 4.09. The van der Waals surface area contributed by atoms with Crippen molar-refractivity contribution in [3.05, 3.63) is 60.7 Å². The van der Waals surface area contributed by atoms with E-state index in [0.29, 0.717) is 23.5 Å². The normalized spacial score (nSPS) is 10.9. The van der Waals surface area contributed by atoms with Gasteiger partial charge in [0.1, 0.15) is 12.1 Å². The molecular formula is C20H20FN3O2. The fraction of sp³-hybridized carbons (Fsp3) is 0.250. The van der Waals surface area contributed by atoms with Crippen LogP contribution in [-0.2, 0) is 16.1 Å². The molecule has 0 unspecified atom stereocenters. The van der Waals surface area contributed by atoms with Gasteiger partial charge in [-0.05, 0) is 25.5 Å². The Kier molecular flexibility index (Phi) is 5.41. The Morgan fingerprint density at radius 2 is 1.92 bits per heavy atom. The Morgan fingerprint density at radius 3 is 2.62 bits per heavy atom. The monoisotopic (exact) mass is 353 g/mol. The lowest BCUT2D eigenvalue weighted by Crippen LogP contribution is -2.14. The van der Waals surface area contributed by atoms with Crippen molar-refractivity contribution in [2.45, 2.75) is 32.9 Å². The first-order valence-corrected chi connectivity index (χ1v) is 8.47. The van der Waals surface area contributed by atoms with Crippen LogP contribution in [-0.4, -0.2) is 26.8 Å². The molecule has 3 aromatic rings. The van der Waals surface area contributed by atoms with Crippen LogP contribution in [0.15, 0.2) is 54.9 Å². The summed E-state index contributed by atoms with van der Waals surface area (Å²) in [4.78, 5) is 15.8. The summed E-state index contributed by atoms with van der Waals surface area (Å²) in [7, 11) is 0. The second-order valence-electron chi connectivity index (χ2n) is 6.18. The topological polar surface area (TPSA) is 57.0 Å². The maximum Gasteiger partial charge on any atom is 0.307 e. The van der Waals surface area contributed by atoms with Crippen molar-refractivity contribution in [2.24, 2.45) is 0 Å². The smallest absolute Gasteiger partial charge is 0.307 e. The van der Waals surface area contributed by atoms with Crippen molar-refractivity contribution in [3.63, 3.8) is 0 Å². The lowest BCUT2D eigenvalue weighted by atomic mass is 10.0. The number of carbonyl (C=O) groups is 1. The van der Waals surface area contributed by atoms with Gasteiger partial charge in [0.2, 0.25) is 0 Å². The Balaban J connectivity index is 1.71. The number of aryl methyl sites for hydroxylation is 1. The van der Waals surface area contributed by atoms with Crippen molar-refractivity contribution in [1.82, 2.24) is 14.8 Å². The Labute approximate surface area is 151 Å². The first kappa shape index (κ1) is 17.8. The Hall–Kier alpha value is -3.02. The molecule has 134 valence electrons.